The van der Waals surface area contributed by atoms with E-state index < -0.39 is 0 Å². The standard InChI is InChI=1S/C40H31NO/c1-39(2)31-13-5-3-11-27(31)29-23-25(19-21-32(29)39)41-26-20-22-34-30(24-26)28-12-4-6-14-33(28)40(34)35-15-7-9-17-37(35)42-38-18-10-8-16-36(38)40/h3-23,26,41H,24H2,1-2H3. The molecule has 0 amide bonds. The van der Waals surface area contributed by atoms with Crippen molar-refractivity contribution in [1.29, 1.82) is 0 Å². The average molecular weight is 542 g/mol. The van der Waals surface area contributed by atoms with Crippen molar-refractivity contribution in [3.63, 3.8) is 0 Å². The van der Waals surface area contributed by atoms with E-state index in [-0.39, 0.29) is 16.9 Å². The fraction of sp³-hybridized carbons (Fsp3) is 0.150. The first-order valence-electron chi connectivity index (χ1n) is 15.0. The molecule has 5 aromatic carbocycles. The second-order valence-corrected chi connectivity index (χ2v) is 12.5. The summed E-state index contributed by atoms with van der Waals surface area (Å²) >= 11 is 0. The number of hydrogen-bond donors (Lipinski definition) is 1. The molecule has 42 heavy (non-hydrogen) atoms. The highest BCUT2D eigenvalue weighted by Gasteiger charge is 2.52. The Morgan fingerprint density at radius 1 is 0.619 bits per heavy atom. The molecule has 5 aromatic rings. The molecule has 0 aromatic heterocycles. The van der Waals surface area contributed by atoms with Gasteiger partial charge in [-0.3, -0.25) is 0 Å². The van der Waals surface area contributed by atoms with Crippen LogP contribution in [0.5, 0.6) is 11.5 Å². The van der Waals surface area contributed by atoms with Crippen molar-refractivity contribution in [2.45, 2.75) is 37.1 Å². The molecule has 202 valence electrons. The van der Waals surface area contributed by atoms with Gasteiger partial charge in [-0.1, -0.05) is 117 Å². The lowest BCUT2D eigenvalue weighted by molar-refractivity contribution is 0.435. The highest BCUT2D eigenvalue weighted by molar-refractivity contribution is 5.91. The van der Waals surface area contributed by atoms with Crippen molar-refractivity contribution in [2.75, 3.05) is 5.32 Å². The van der Waals surface area contributed by atoms with Gasteiger partial charge in [0.05, 0.1) is 5.41 Å². The minimum atomic E-state index is -0.387. The van der Waals surface area contributed by atoms with Gasteiger partial charge in [0.15, 0.2) is 0 Å². The molecule has 2 nitrogen and oxygen atoms in total. The number of ether oxygens (including phenoxy) is 1. The maximum Gasteiger partial charge on any atom is 0.132 e. The Labute approximate surface area is 247 Å². The number of hydrogen-bond acceptors (Lipinski definition) is 2. The van der Waals surface area contributed by atoms with Crippen LogP contribution >= 0.6 is 0 Å². The van der Waals surface area contributed by atoms with E-state index in [2.05, 4.69) is 147 Å². The zero-order valence-corrected chi connectivity index (χ0v) is 23.8. The van der Waals surface area contributed by atoms with Gasteiger partial charge in [-0.15, -0.1) is 0 Å². The van der Waals surface area contributed by atoms with E-state index in [0.717, 1.165) is 17.9 Å². The Morgan fingerprint density at radius 3 is 1.95 bits per heavy atom. The Bertz CT molecular complexity index is 1960. The van der Waals surface area contributed by atoms with E-state index in [1.807, 2.05) is 0 Å². The third-order valence-corrected chi connectivity index (χ3v) is 10.0. The van der Waals surface area contributed by atoms with Crippen LogP contribution in [0.25, 0.3) is 16.7 Å². The largest absolute Gasteiger partial charge is 0.457 e. The van der Waals surface area contributed by atoms with E-state index in [1.54, 1.807) is 0 Å². The van der Waals surface area contributed by atoms with Crippen molar-refractivity contribution in [1.82, 2.24) is 0 Å². The van der Waals surface area contributed by atoms with E-state index in [0.29, 0.717) is 0 Å². The molecule has 4 aliphatic rings. The van der Waals surface area contributed by atoms with Crippen LogP contribution in [0.3, 0.4) is 0 Å². The zero-order valence-electron chi connectivity index (χ0n) is 23.8. The summed E-state index contributed by atoms with van der Waals surface area (Å²) in [6, 6.07) is 42.1. The first kappa shape index (κ1) is 23.8. The van der Waals surface area contributed by atoms with E-state index in [4.69, 9.17) is 4.74 Å². The molecule has 1 spiro atoms. The summed E-state index contributed by atoms with van der Waals surface area (Å²) in [5.41, 5.74) is 14.2. The molecule has 3 aliphatic carbocycles. The van der Waals surface area contributed by atoms with Crippen molar-refractivity contribution in [3.8, 4) is 22.6 Å². The number of benzene rings is 5. The lowest BCUT2D eigenvalue weighted by Gasteiger charge is -2.40. The van der Waals surface area contributed by atoms with Gasteiger partial charge in [-0.2, -0.15) is 0 Å². The number of para-hydroxylation sites is 2. The summed E-state index contributed by atoms with van der Waals surface area (Å²) in [6.45, 7) is 4.67. The summed E-state index contributed by atoms with van der Waals surface area (Å²) < 4.78 is 6.48. The number of anilines is 1. The van der Waals surface area contributed by atoms with Crippen molar-refractivity contribution in [3.05, 3.63) is 166 Å². The van der Waals surface area contributed by atoms with Gasteiger partial charge in [0.2, 0.25) is 0 Å². The lowest BCUT2D eigenvalue weighted by atomic mass is 9.65. The molecule has 1 atom stereocenters. The summed E-state index contributed by atoms with van der Waals surface area (Å²) in [6.07, 6.45) is 5.69. The number of nitrogens with one attached hydrogen (secondary N) is 1. The van der Waals surface area contributed by atoms with Crippen LogP contribution in [0.1, 0.15) is 53.6 Å². The van der Waals surface area contributed by atoms with Gasteiger partial charge in [-0.25, -0.2) is 0 Å². The predicted molar refractivity (Wildman–Crippen MR) is 171 cm³/mol. The summed E-state index contributed by atoms with van der Waals surface area (Å²) in [4.78, 5) is 0. The quantitative estimate of drug-likeness (QED) is 0.240. The van der Waals surface area contributed by atoms with Crippen molar-refractivity contribution >= 4 is 11.3 Å². The summed E-state index contributed by atoms with van der Waals surface area (Å²) in [5, 5.41) is 3.90. The van der Waals surface area contributed by atoms with Crippen molar-refractivity contribution in [2.24, 2.45) is 0 Å². The first-order valence-corrected chi connectivity index (χ1v) is 15.0. The van der Waals surface area contributed by atoms with E-state index in [1.165, 1.54) is 61.3 Å². The van der Waals surface area contributed by atoms with Crippen LogP contribution in [0.15, 0.2) is 133 Å². The smallest absolute Gasteiger partial charge is 0.132 e. The van der Waals surface area contributed by atoms with E-state index in [9.17, 15) is 0 Å². The van der Waals surface area contributed by atoms with Crippen LogP contribution in [-0.2, 0) is 10.8 Å². The van der Waals surface area contributed by atoms with Gasteiger partial charge in [-0.05, 0) is 75.2 Å². The molecule has 1 unspecified atom stereocenters. The fourth-order valence-corrected chi connectivity index (χ4v) is 8.23. The highest BCUT2D eigenvalue weighted by Crippen LogP contribution is 2.62. The minimum Gasteiger partial charge on any atom is -0.457 e. The zero-order chi connectivity index (χ0) is 28.1. The molecule has 1 heterocycles. The maximum absolute atomic E-state index is 6.48. The van der Waals surface area contributed by atoms with Crippen molar-refractivity contribution < 1.29 is 4.74 Å². The van der Waals surface area contributed by atoms with Crippen LogP contribution in [0.2, 0.25) is 0 Å². The topological polar surface area (TPSA) is 21.3 Å². The third kappa shape index (κ3) is 2.99. The molecule has 2 heteroatoms. The van der Waals surface area contributed by atoms with E-state index >= 15 is 0 Å². The normalized spacial score (nSPS) is 19.2. The van der Waals surface area contributed by atoms with Crippen LogP contribution in [0, 0.1) is 0 Å². The molecular weight excluding hydrogens is 510 g/mol. The molecule has 1 N–H and O–H groups in total. The Kier molecular flexibility index (Phi) is 4.75. The average Bonchev–Trinajstić information content (AvgIpc) is 3.43. The summed E-state index contributed by atoms with van der Waals surface area (Å²) in [5.74, 6) is 1.88. The molecule has 0 radical (unpaired) electrons. The molecule has 1 aliphatic heterocycles. The number of allylic oxidation sites excluding steroid dienone is 2. The van der Waals surface area contributed by atoms with Gasteiger partial charge in [0, 0.05) is 28.3 Å². The number of rotatable bonds is 2. The third-order valence-electron chi connectivity index (χ3n) is 10.0. The Morgan fingerprint density at radius 2 is 1.21 bits per heavy atom. The lowest BCUT2D eigenvalue weighted by Crippen LogP contribution is -2.33. The number of fused-ring (bicyclic) bond motifs is 11. The van der Waals surface area contributed by atoms with Crippen LogP contribution in [0.4, 0.5) is 5.69 Å². The highest BCUT2D eigenvalue weighted by atomic mass is 16.5. The Balaban J connectivity index is 1.14. The SMILES string of the molecule is CC1(C)c2ccccc2-c2cc(NC3C=CC4=C(C3)c3ccccc3C43c4ccccc4Oc4ccccc43)ccc21. The van der Waals surface area contributed by atoms with Crippen LogP contribution < -0.4 is 10.1 Å². The van der Waals surface area contributed by atoms with Gasteiger partial charge >= 0.3 is 0 Å². The molecule has 0 bridgehead atoms. The van der Waals surface area contributed by atoms with Gasteiger partial charge in [0.25, 0.3) is 0 Å². The minimum absolute atomic E-state index is 0.0209. The molecule has 0 fully saturated rings. The monoisotopic (exact) mass is 541 g/mol. The maximum atomic E-state index is 6.48. The second kappa shape index (κ2) is 8.36. The predicted octanol–water partition coefficient (Wildman–Crippen LogP) is 9.64. The molecule has 9 rings (SSSR count). The molecule has 0 saturated heterocycles. The van der Waals surface area contributed by atoms with Gasteiger partial charge < -0.3 is 10.1 Å². The summed E-state index contributed by atoms with van der Waals surface area (Å²) in [7, 11) is 0. The Hall–Kier alpha value is -4.82. The first-order chi connectivity index (χ1) is 20.6. The fourth-order valence-electron chi connectivity index (χ4n) is 8.23. The molecular formula is C40H31NO. The van der Waals surface area contributed by atoms with Crippen LogP contribution in [-0.4, -0.2) is 6.04 Å². The van der Waals surface area contributed by atoms with Gasteiger partial charge in [0.1, 0.15) is 11.5 Å². The second-order valence-electron chi connectivity index (χ2n) is 12.5. The molecule has 0 saturated carbocycles.